The van der Waals surface area contributed by atoms with Gasteiger partial charge in [0.1, 0.15) is 0 Å². The molecule has 0 amide bonds. The lowest BCUT2D eigenvalue weighted by atomic mass is 9.78. The molecule has 2 aliphatic rings. The normalized spacial score (nSPS) is 19.5. The Morgan fingerprint density at radius 3 is 2.86 bits per heavy atom. The van der Waals surface area contributed by atoms with E-state index in [1.807, 2.05) is 36.0 Å². The summed E-state index contributed by atoms with van der Waals surface area (Å²) >= 11 is 0. The molecule has 1 saturated carbocycles. The Kier molecular flexibility index (Phi) is 5.72. The predicted molar refractivity (Wildman–Crippen MR) is 137 cm³/mol. The standard InChI is InChI=1S/C29H29N5O/c1-19-12-23(9-11-30-19)28-26-15-22(7-8-24(26)16-32-28)27(35)14-20-4-2-5-21(13-20)17-34-18-25-6-3-10-31-29(25)33-34/h3,6-12,15,18,20-21H,2,4-5,13-14,16-17H2,1H3. The molecule has 1 aliphatic heterocycles. The third-order valence-electron chi connectivity index (χ3n) is 7.40. The Balaban J connectivity index is 1.13. The molecular formula is C29H29N5O. The van der Waals surface area contributed by atoms with Crippen molar-refractivity contribution in [3.8, 4) is 0 Å². The zero-order chi connectivity index (χ0) is 23.8. The number of pyridine rings is 2. The van der Waals surface area contributed by atoms with Crippen LogP contribution in [0.2, 0.25) is 0 Å². The second kappa shape index (κ2) is 9.17. The highest BCUT2D eigenvalue weighted by molar-refractivity contribution is 6.16. The van der Waals surface area contributed by atoms with Crippen molar-refractivity contribution >= 4 is 22.5 Å². The number of Topliss-reactive ketones (excluding diaryl/α,β-unsaturated/α-hetero) is 1. The van der Waals surface area contributed by atoms with E-state index in [4.69, 9.17) is 4.99 Å². The van der Waals surface area contributed by atoms with Crippen molar-refractivity contribution < 1.29 is 4.79 Å². The molecule has 1 aromatic carbocycles. The molecule has 4 heterocycles. The van der Waals surface area contributed by atoms with Crippen LogP contribution in [0.25, 0.3) is 11.0 Å². The number of aliphatic imine (C=N–C) groups is 1. The summed E-state index contributed by atoms with van der Waals surface area (Å²) in [6.45, 7) is 3.55. The zero-order valence-corrected chi connectivity index (χ0v) is 20.0. The lowest BCUT2D eigenvalue weighted by Crippen LogP contribution is -2.22. The van der Waals surface area contributed by atoms with Crippen molar-refractivity contribution in [3.05, 3.63) is 89.0 Å². The van der Waals surface area contributed by atoms with Gasteiger partial charge in [0, 0.05) is 59.3 Å². The van der Waals surface area contributed by atoms with Gasteiger partial charge in [0.2, 0.25) is 0 Å². The maximum absolute atomic E-state index is 13.3. The predicted octanol–water partition coefficient (Wildman–Crippen LogP) is 5.57. The molecule has 35 heavy (non-hydrogen) atoms. The minimum Gasteiger partial charge on any atom is -0.294 e. The van der Waals surface area contributed by atoms with Gasteiger partial charge in [-0.05, 0) is 73.9 Å². The number of aromatic nitrogens is 4. The van der Waals surface area contributed by atoms with Crippen LogP contribution in [-0.2, 0) is 13.1 Å². The van der Waals surface area contributed by atoms with E-state index in [2.05, 4.69) is 45.5 Å². The first kappa shape index (κ1) is 21.8. The number of ketones is 1. The molecule has 0 N–H and O–H groups in total. The Morgan fingerprint density at radius 1 is 1.06 bits per heavy atom. The summed E-state index contributed by atoms with van der Waals surface area (Å²) in [4.78, 5) is 26.7. The van der Waals surface area contributed by atoms with Crippen molar-refractivity contribution in [2.75, 3.05) is 0 Å². The number of nitrogens with zero attached hydrogens (tertiary/aromatic N) is 5. The molecule has 6 heteroatoms. The zero-order valence-electron chi connectivity index (χ0n) is 20.0. The number of rotatable bonds is 6. The van der Waals surface area contributed by atoms with Crippen molar-refractivity contribution in [3.63, 3.8) is 0 Å². The van der Waals surface area contributed by atoms with Gasteiger partial charge in [-0.3, -0.25) is 19.5 Å². The van der Waals surface area contributed by atoms with Gasteiger partial charge < -0.3 is 0 Å². The third-order valence-corrected chi connectivity index (χ3v) is 7.40. The van der Waals surface area contributed by atoms with Crippen molar-refractivity contribution in [1.82, 2.24) is 19.7 Å². The number of aryl methyl sites for hydroxylation is 1. The maximum atomic E-state index is 13.3. The molecule has 0 spiro atoms. The van der Waals surface area contributed by atoms with E-state index < -0.39 is 0 Å². The fraction of sp³-hybridized carbons (Fsp3) is 0.345. The van der Waals surface area contributed by atoms with Gasteiger partial charge in [-0.25, -0.2) is 4.98 Å². The quantitative estimate of drug-likeness (QED) is 0.351. The summed E-state index contributed by atoms with van der Waals surface area (Å²) in [7, 11) is 0. The van der Waals surface area contributed by atoms with E-state index in [0.29, 0.717) is 24.8 Å². The fourth-order valence-electron chi connectivity index (χ4n) is 5.69. The van der Waals surface area contributed by atoms with Crippen LogP contribution < -0.4 is 0 Å². The third kappa shape index (κ3) is 4.53. The highest BCUT2D eigenvalue weighted by Gasteiger charge is 2.26. The molecule has 4 aromatic rings. The van der Waals surface area contributed by atoms with Gasteiger partial charge >= 0.3 is 0 Å². The molecule has 2 atom stereocenters. The summed E-state index contributed by atoms with van der Waals surface area (Å²) in [5.74, 6) is 1.21. The SMILES string of the molecule is Cc1cc(C2=NCc3ccc(C(=O)CC4CCCC(Cn5cc6cccnc6n5)C4)cc32)ccn1. The molecule has 0 saturated heterocycles. The molecule has 6 nitrogen and oxygen atoms in total. The number of carbonyl (C=O) groups excluding carboxylic acids is 1. The molecule has 176 valence electrons. The van der Waals surface area contributed by atoms with Gasteiger partial charge in [-0.15, -0.1) is 0 Å². The van der Waals surface area contributed by atoms with E-state index in [1.165, 1.54) is 18.4 Å². The molecule has 6 rings (SSSR count). The Morgan fingerprint density at radius 2 is 1.97 bits per heavy atom. The van der Waals surface area contributed by atoms with Crippen LogP contribution in [0.3, 0.4) is 0 Å². The Bertz CT molecular complexity index is 1400. The molecule has 1 fully saturated rings. The van der Waals surface area contributed by atoms with Gasteiger partial charge in [0.25, 0.3) is 0 Å². The van der Waals surface area contributed by atoms with Crippen LogP contribution >= 0.6 is 0 Å². The number of hydrogen-bond donors (Lipinski definition) is 0. The van der Waals surface area contributed by atoms with Crippen molar-refractivity contribution in [2.24, 2.45) is 16.8 Å². The van der Waals surface area contributed by atoms with E-state index >= 15 is 0 Å². The van der Waals surface area contributed by atoms with Gasteiger partial charge in [0.15, 0.2) is 11.4 Å². The fourth-order valence-corrected chi connectivity index (χ4v) is 5.69. The monoisotopic (exact) mass is 463 g/mol. The van der Waals surface area contributed by atoms with Crippen LogP contribution in [0.15, 0.2) is 66.0 Å². The Labute approximate surface area is 205 Å². The smallest absolute Gasteiger partial charge is 0.181 e. The molecular weight excluding hydrogens is 434 g/mol. The lowest BCUT2D eigenvalue weighted by Gasteiger charge is -2.28. The molecule has 3 aromatic heterocycles. The van der Waals surface area contributed by atoms with E-state index in [0.717, 1.165) is 58.5 Å². The van der Waals surface area contributed by atoms with Crippen LogP contribution in [0.4, 0.5) is 0 Å². The van der Waals surface area contributed by atoms with Crippen molar-refractivity contribution in [1.29, 1.82) is 0 Å². The van der Waals surface area contributed by atoms with E-state index in [9.17, 15) is 4.79 Å². The largest absolute Gasteiger partial charge is 0.294 e. The first-order chi connectivity index (χ1) is 17.1. The summed E-state index contributed by atoms with van der Waals surface area (Å²) in [6, 6.07) is 14.2. The van der Waals surface area contributed by atoms with Crippen molar-refractivity contribution in [2.45, 2.75) is 52.1 Å². The number of carbonyl (C=O) groups is 1. The average Bonchev–Trinajstić information content (AvgIpc) is 3.47. The highest BCUT2D eigenvalue weighted by atomic mass is 16.1. The summed E-state index contributed by atoms with van der Waals surface area (Å²) in [5, 5.41) is 5.71. The molecule has 0 radical (unpaired) electrons. The Hall–Kier alpha value is -3.67. The molecule has 2 unspecified atom stereocenters. The number of hydrogen-bond acceptors (Lipinski definition) is 5. The summed E-state index contributed by atoms with van der Waals surface area (Å²) in [5.41, 5.74) is 6.88. The minimum absolute atomic E-state index is 0.240. The van der Waals surface area contributed by atoms with Gasteiger partial charge in [0.05, 0.1) is 12.3 Å². The number of fused-ring (bicyclic) bond motifs is 2. The average molecular weight is 464 g/mol. The highest BCUT2D eigenvalue weighted by Crippen LogP contribution is 2.34. The van der Waals surface area contributed by atoms with Crippen LogP contribution in [0.5, 0.6) is 0 Å². The second-order valence-corrected chi connectivity index (χ2v) is 10.0. The van der Waals surface area contributed by atoms with Crippen LogP contribution in [-0.4, -0.2) is 31.2 Å². The number of benzene rings is 1. The first-order valence-corrected chi connectivity index (χ1v) is 12.5. The maximum Gasteiger partial charge on any atom is 0.181 e. The van der Waals surface area contributed by atoms with Crippen LogP contribution in [0, 0.1) is 18.8 Å². The minimum atomic E-state index is 0.240. The van der Waals surface area contributed by atoms with E-state index in [-0.39, 0.29) is 5.78 Å². The van der Waals surface area contributed by atoms with Gasteiger partial charge in [-0.1, -0.05) is 18.6 Å². The molecule has 0 bridgehead atoms. The van der Waals surface area contributed by atoms with Gasteiger partial charge in [-0.2, -0.15) is 5.10 Å². The summed E-state index contributed by atoms with van der Waals surface area (Å²) in [6.07, 6.45) is 10.9. The molecule has 1 aliphatic carbocycles. The summed E-state index contributed by atoms with van der Waals surface area (Å²) < 4.78 is 2.04. The van der Waals surface area contributed by atoms with E-state index in [1.54, 1.807) is 6.20 Å². The topological polar surface area (TPSA) is 73.0 Å². The first-order valence-electron chi connectivity index (χ1n) is 12.5. The van der Waals surface area contributed by atoms with Crippen LogP contribution in [0.1, 0.15) is 64.8 Å². The lowest BCUT2D eigenvalue weighted by molar-refractivity contribution is 0.0936. The second-order valence-electron chi connectivity index (χ2n) is 10.0.